The Balaban J connectivity index is 2.45. The molecule has 0 aliphatic rings. The third kappa shape index (κ3) is 3.14. The molecule has 2 aromatic carbocycles. The Morgan fingerprint density at radius 3 is 2.47 bits per heavy atom. The summed E-state index contributed by atoms with van der Waals surface area (Å²) >= 11 is 6.09. The first-order valence-electron chi connectivity index (χ1n) is 6.37. The lowest BCUT2D eigenvalue weighted by molar-refractivity contribution is 0.603. The Bertz CT molecular complexity index is 551. The minimum absolute atomic E-state index is 0.0891. The molecule has 0 bridgehead atoms. The van der Waals surface area contributed by atoms with Crippen LogP contribution in [0, 0.1) is 12.7 Å². The number of benzene rings is 2. The van der Waals surface area contributed by atoms with Gasteiger partial charge in [-0.2, -0.15) is 0 Å². The largest absolute Gasteiger partial charge is 0.306 e. The molecule has 100 valence electrons. The molecule has 0 fully saturated rings. The number of hydrogen-bond donors (Lipinski definition) is 1. The van der Waals surface area contributed by atoms with E-state index in [9.17, 15) is 4.39 Å². The second-order valence-electron chi connectivity index (χ2n) is 4.54. The van der Waals surface area contributed by atoms with Crippen molar-refractivity contribution in [1.29, 1.82) is 0 Å². The lowest BCUT2D eigenvalue weighted by Crippen LogP contribution is -2.22. The highest BCUT2D eigenvalue weighted by Gasteiger charge is 2.17. The molecule has 0 saturated carbocycles. The van der Waals surface area contributed by atoms with Crippen molar-refractivity contribution in [3.05, 3.63) is 70.0 Å². The second kappa shape index (κ2) is 6.18. The van der Waals surface area contributed by atoms with Crippen molar-refractivity contribution in [1.82, 2.24) is 5.32 Å². The number of aryl methyl sites for hydroxylation is 1. The van der Waals surface area contributed by atoms with Crippen LogP contribution in [0.5, 0.6) is 0 Å². The SMILES string of the molecule is CCNC(c1ccc(C)cc1)c1cccc(F)c1Cl. The zero-order valence-electron chi connectivity index (χ0n) is 11.1. The van der Waals surface area contributed by atoms with Crippen LogP contribution in [0.3, 0.4) is 0 Å². The fraction of sp³-hybridized carbons (Fsp3) is 0.250. The van der Waals surface area contributed by atoms with Gasteiger partial charge in [-0.25, -0.2) is 4.39 Å². The molecule has 1 unspecified atom stereocenters. The molecule has 0 aromatic heterocycles. The summed E-state index contributed by atoms with van der Waals surface area (Å²) in [5.41, 5.74) is 3.05. The lowest BCUT2D eigenvalue weighted by Gasteiger charge is -2.20. The van der Waals surface area contributed by atoms with E-state index in [-0.39, 0.29) is 16.9 Å². The fourth-order valence-electron chi connectivity index (χ4n) is 2.11. The van der Waals surface area contributed by atoms with Crippen LogP contribution in [-0.4, -0.2) is 6.54 Å². The second-order valence-corrected chi connectivity index (χ2v) is 4.92. The van der Waals surface area contributed by atoms with Gasteiger partial charge in [-0.3, -0.25) is 0 Å². The van der Waals surface area contributed by atoms with Gasteiger partial charge in [-0.05, 0) is 30.7 Å². The molecule has 19 heavy (non-hydrogen) atoms. The monoisotopic (exact) mass is 277 g/mol. The molecular weight excluding hydrogens is 261 g/mol. The molecule has 0 heterocycles. The van der Waals surface area contributed by atoms with Crippen LogP contribution in [-0.2, 0) is 0 Å². The van der Waals surface area contributed by atoms with Gasteiger partial charge in [0.2, 0.25) is 0 Å². The van der Waals surface area contributed by atoms with Crippen molar-refractivity contribution in [2.75, 3.05) is 6.54 Å². The highest BCUT2D eigenvalue weighted by molar-refractivity contribution is 6.31. The van der Waals surface area contributed by atoms with E-state index >= 15 is 0 Å². The molecular formula is C16H17ClFN. The molecule has 1 atom stereocenters. The van der Waals surface area contributed by atoms with Crippen LogP contribution >= 0.6 is 11.6 Å². The Hall–Kier alpha value is -1.38. The van der Waals surface area contributed by atoms with E-state index in [0.717, 1.165) is 17.7 Å². The zero-order valence-corrected chi connectivity index (χ0v) is 11.8. The average molecular weight is 278 g/mol. The summed E-state index contributed by atoms with van der Waals surface area (Å²) in [6.07, 6.45) is 0. The molecule has 1 nitrogen and oxygen atoms in total. The molecule has 2 aromatic rings. The van der Waals surface area contributed by atoms with E-state index in [2.05, 4.69) is 5.32 Å². The summed E-state index contributed by atoms with van der Waals surface area (Å²) in [7, 11) is 0. The predicted molar refractivity (Wildman–Crippen MR) is 78.1 cm³/mol. The van der Waals surface area contributed by atoms with E-state index in [4.69, 9.17) is 11.6 Å². The number of rotatable bonds is 4. The normalized spacial score (nSPS) is 12.4. The Morgan fingerprint density at radius 1 is 1.16 bits per heavy atom. The molecule has 0 spiro atoms. The van der Waals surface area contributed by atoms with Crippen LogP contribution in [0.2, 0.25) is 5.02 Å². The standard InChI is InChI=1S/C16H17ClFN/c1-3-19-16(12-9-7-11(2)8-10-12)13-5-4-6-14(18)15(13)17/h4-10,16,19H,3H2,1-2H3. The number of hydrogen-bond acceptors (Lipinski definition) is 1. The maximum atomic E-state index is 13.6. The van der Waals surface area contributed by atoms with E-state index in [1.54, 1.807) is 6.07 Å². The summed E-state index contributed by atoms with van der Waals surface area (Å²) in [5, 5.41) is 3.54. The van der Waals surface area contributed by atoms with Gasteiger partial charge in [0, 0.05) is 0 Å². The van der Waals surface area contributed by atoms with Gasteiger partial charge >= 0.3 is 0 Å². The summed E-state index contributed by atoms with van der Waals surface area (Å²) in [6, 6.07) is 13.0. The predicted octanol–water partition coefficient (Wildman–Crippen LogP) is 4.49. The Labute approximate surface area is 118 Å². The molecule has 0 aliphatic heterocycles. The zero-order chi connectivity index (χ0) is 13.8. The van der Waals surface area contributed by atoms with Crippen molar-refractivity contribution >= 4 is 11.6 Å². The van der Waals surface area contributed by atoms with E-state index < -0.39 is 0 Å². The molecule has 0 amide bonds. The summed E-state index contributed by atoms with van der Waals surface area (Å²) in [6.45, 7) is 4.85. The van der Waals surface area contributed by atoms with Gasteiger partial charge in [-0.15, -0.1) is 0 Å². The summed E-state index contributed by atoms with van der Waals surface area (Å²) in [5.74, 6) is -0.380. The Morgan fingerprint density at radius 2 is 1.84 bits per heavy atom. The molecule has 0 saturated heterocycles. The van der Waals surface area contributed by atoms with E-state index in [1.165, 1.54) is 11.6 Å². The summed E-state index contributed by atoms with van der Waals surface area (Å²) < 4.78 is 13.6. The summed E-state index contributed by atoms with van der Waals surface area (Å²) in [4.78, 5) is 0. The highest BCUT2D eigenvalue weighted by Crippen LogP contribution is 2.30. The van der Waals surface area contributed by atoms with Crippen LogP contribution in [0.1, 0.15) is 29.7 Å². The first-order chi connectivity index (χ1) is 9.13. The quantitative estimate of drug-likeness (QED) is 0.868. The third-order valence-electron chi connectivity index (χ3n) is 3.11. The number of nitrogens with one attached hydrogen (secondary N) is 1. The van der Waals surface area contributed by atoms with Gasteiger partial charge in [0.05, 0.1) is 11.1 Å². The van der Waals surface area contributed by atoms with Gasteiger partial charge in [0.1, 0.15) is 5.82 Å². The molecule has 2 rings (SSSR count). The minimum Gasteiger partial charge on any atom is -0.306 e. The average Bonchev–Trinajstić information content (AvgIpc) is 2.41. The highest BCUT2D eigenvalue weighted by atomic mass is 35.5. The van der Waals surface area contributed by atoms with Crippen LogP contribution in [0.25, 0.3) is 0 Å². The molecule has 3 heteroatoms. The maximum absolute atomic E-state index is 13.6. The lowest BCUT2D eigenvalue weighted by atomic mass is 9.97. The third-order valence-corrected chi connectivity index (χ3v) is 3.51. The van der Waals surface area contributed by atoms with E-state index in [1.807, 2.05) is 44.2 Å². The molecule has 0 aliphatic carbocycles. The van der Waals surface area contributed by atoms with E-state index in [0.29, 0.717) is 0 Å². The fourth-order valence-corrected chi connectivity index (χ4v) is 2.35. The smallest absolute Gasteiger partial charge is 0.142 e. The van der Waals surface area contributed by atoms with Crippen LogP contribution in [0.15, 0.2) is 42.5 Å². The molecule has 1 N–H and O–H groups in total. The van der Waals surface area contributed by atoms with Crippen molar-refractivity contribution < 1.29 is 4.39 Å². The van der Waals surface area contributed by atoms with Crippen LogP contribution in [0.4, 0.5) is 4.39 Å². The van der Waals surface area contributed by atoms with Crippen molar-refractivity contribution in [3.63, 3.8) is 0 Å². The number of halogens is 2. The first kappa shape index (κ1) is 14.0. The van der Waals surface area contributed by atoms with Crippen LogP contribution < -0.4 is 5.32 Å². The van der Waals surface area contributed by atoms with Gasteiger partial charge in [0.25, 0.3) is 0 Å². The van der Waals surface area contributed by atoms with Gasteiger partial charge in [0.15, 0.2) is 0 Å². The Kier molecular flexibility index (Phi) is 4.56. The van der Waals surface area contributed by atoms with Crippen molar-refractivity contribution in [2.45, 2.75) is 19.9 Å². The first-order valence-corrected chi connectivity index (χ1v) is 6.75. The van der Waals surface area contributed by atoms with Crippen molar-refractivity contribution in [2.24, 2.45) is 0 Å². The maximum Gasteiger partial charge on any atom is 0.142 e. The van der Waals surface area contributed by atoms with Gasteiger partial charge < -0.3 is 5.32 Å². The van der Waals surface area contributed by atoms with Gasteiger partial charge in [-0.1, -0.05) is 60.5 Å². The van der Waals surface area contributed by atoms with Crippen molar-refractivity contribution in [3.8, 4) is 0 Å². The minimum atomic E-state index is -0.380. The molecule has 0 radical (unpaired) electrons. The topological polar surface area (TPSA) is 12.0 Å².